The fraction of sp³-hybridized carbons (Fsp3) is 0.339. The maximum atomic E-state index is 14.4. The molecule has 25 nitrogen and oxygen atoms in total. The van der Waals surface area contributed by atoms with Crippen LogP contribution in [0, 0.1) is 12.8 Å². The first-order valence-electron chi connectivity index (χ1n) is 27.2. The number of nitrogens with zero attached hydrogens (tertiary/aromatic N) is 9. The Morgan fingerprint density at radius 3 is 2.23 bits per heavy atom. The van der Waals surface area contributed by atoms with Gasteiger partial charge in [-0.05, 0) is 43.4 Å². The number of nitrogens with one attached hydrogen (secondary N) is 5. The average Bonchev–Trinajstić information content (AvgIpc) is 2.59. The Morgan fingerprint density at radius 2 is 1.47 bits per heavy atom. The third-order valence-corrected chi connectivity index (χ3v) is 20.0. The molecule has 0 radical (unpaired) electrons. The predicted octanol–water partition coefficient (Wildman–Crippen LogP) is 5.93. The molecule has 3 aliphatic rings. The van der Waals surface area contributed by atoms with Crippen molar-refractivity contribution in [2.45, 2.75) is 83.0 Å². The van der Waals surface area contributed by atoms with Crippen LogP contribution in [0.15, 0.2) is 69.0 Å². The van der Waals surface area contributed by atoms with Crippen molar-refractivity contribution in [3.05, 3.63) is 117 Å². The maximum Gasteiger partial charge on any atom is 0.271 e. The van der Waals surface area contributed by atoms with Crippen molar-refractivity contribution in [2.75, 3.05) is 33.9 Å². The van der Waals surface area contributed by atoms with Gasteiger partial charge in [0, 0.05) is 52.7 Å². The molecule has 8 N–H and O–H groups in total. The lowest BCUT2D eigenvalue weighted by Crippen LogP contribution is -2.47. The molecule has 1 aromatic carbocycles. The van der Waals surface area contributed by atoms with Crippen LogP contribution >= 0.6 is 68.0 Å². The number of carbonyl (C=O) groups excluding carboxylic acids is 7. The standard InChI is InChI=1S/C56H55N15O10S6/c1-24(2)39-55-70-42(36(87-55)19-80-5)47(77)59-17-38(73)67-43(44(74)26-10-7-6-8-11-26)54-66-34(23-85-54)52-63-31(20-83-52)41-27(50-64-32(21-82-50)46(76)61-29(16-37(72)58-4)53-69-40(25(3)86-53)48(78)68-39)13-14-28(60-41)51-65-33(22-84-51)49-62-30(18-81-49)56(79)71-15-9-12-35(71)45(57)75/h6-8,10-11,13-14,20-24,29-30,35,39,43-44,74H,9,12,15-19H2,1-5H3,(H2,57,75)(H,58,72)(H,59,77)(H,61,76)(H,67,73)(H,68,78)/t29-,30-,35-,39-,43-,44+/m0/s1. The third kappa shape index (κ3) is 13.0. The van der Waals surface area contributed by atoms with E-state index in [-0.39, 0.29) is 59.4 Å². The van der Waals surface area contributed by atoms with E-state index in [2.05, 4.69) is 31.6 Å². The molecule has 0 spiro atoms. The minimum absolute atomic E-state index is 0.00115. The number of rotatable bonds is 11. The Balaban J connectivity index is 0.970. The number of benzene rings is 1. The normalized spacial score (nSPS) is 19.6. The van der Waals surface area contributed by atoms with Gasteiger partial charge in [-0.2, -0.15) is 0 Å². The lowest BCUT2D eigenvalue weighted by Gasteiger charge is -2.23. The second kappa shape index (κ2) is 26.0. The van der Waals surface area contributed by atoms with Gasteiger partial charge in [0.1, 0.15) is 94.7 Å². The Kier molecular flexibility index (Phi) is 18.1. The minimum Gasteiger partial charge on any atom is -0.473 e. The van der Waals surface area contributed by atoms with Crippen molar-refractivity contribution in [1.29, 1.82) is 0 Å². The number of ether oxygens (including phenoxy) is 2. The number of aromatic nitrogens is 7. The minimum atomic E-state index is -1.28. The summed E-state index contributed by atoms with van der Waals surface area (Å²) in [5, 5.41) is 35.3. The lowest BCUT2D eigenvalue weighted by atomic mass is 10.0. The summed E-state index contributed by atoms with van der Waals surface area (Å²) in [5.74, 6) is -3.91. The number of pyridine rings is 1. The summed E-state index contributed by atoms with van der Waals surface area (Å²) in [4.78, 5) is 136. The summed E-state index contributed by atoms with van der Waals surface area (Å²) in [6, 6.07) is 7.92. The molecular weight excluding hydrogens is 1240 g/mol. The number of thiazole rings is 6. The lowest BCUT2D eigenvalue weighted by molar-refractivity contribution is -0.138. The van der Waals surface area contributed by atoms with Crippen molar-refractivity contribution in [3.8, 4) is 43.4 Å². The van der Waals surface area contributed by atoms with Crippen LogP contribution in [0.4, 0.5) is 0 Å². The first-order valence-corrected chi connectivity index (χ1v) is 32.3. The molecule has 7 aromatic heterocycles. The van der Waals surface area contributed by atoms with Gasteiger partial charge in [0.05, 0.1) is 42.2 Å². The van der Waals surface area contributed by atoms with E-state index >= 15 is 0 Å². The monoisotopic (exact) mass is 1290 g/mol. The molecule has 1 saturated heterocycles. The number of aliphatic imine (C=N–C) groups is 1. The number of carbonyl (C=O) groups is 7. The Bertz CT molecular complexity index is 3980. The quantitative estimate of drug-likeness (QED) is 0.0788. The van der Waals surface area contributed by atoms with E-state index < -0.39 is 78.3 Å². The number of hydrogen-bond acceptors (Lipinski definition) is 24. The second-order valence-electron chi connectivity index (χ2n) is 20.5. The van der Waals surface area contributed by atoms with Crippen molar-refractivity contribution >= 4 is 115 Å². The van der Waals surface area contributed by atoms with Gasteiger partial charge in [-0.1, -0.05) is 44.2 Å². The SMILES string of the molecule is CNC(=O)C[C@@H]1NC(=O)c2csc(n2)-c2ccc(-c3nc(C4=N[C@H](C(=O)N5CCC[C@H]5C(N)=O)CO4)cs3)nc2-c2csc(n2)-c2csc(n2)[C@H]([C@H](O)c2ccccc2)NC(=O)CNC(=O)c2nc(sc2COC)[C@H](C(C)C)NC(=O)c2nc1sc2C. The van der Waals surface area contributed by atoms with Gasteiger partial charge in [-0.3, -0.25) is 33.6 Å². The molecule has 450 valence electrons. The number of likely N-dealkylation sites (tertiary alicyclic amines) is 1. The highest BCUT2D eigenvalue weighted by Gasteiger charge is 2.39. The number of aliphatic hydroxyl groups excluding tert-OH is 1. The van der Waals surface area contributed by atoms with E-state index in [9.17, 15) is 38.7 Å². The van der Waals surface area contributed by atoms with Gasteiger partial charge >= 0.3 is 0 Å². The number of hydrogen-bond donors (Lipinski definition) is 7. The van der Waals surface area contributed by atoms with Gasteiger partial charge in [0.25, 0.3) is 23.6 Å². The molecule has 11 rings (SSSR count). The van der Waals surface area contributed by atoms with Crippen LogP contribution in [0.5, 0.6) is 0 Å². The van der Waals surface area contributed by atoms with Crippen molar-refractivity contribution in [3.63, 3.8) is 0 Å². The molecule has 0 aliphatic carbocycles. The number of nitrogens with two attached hydrogens (primary N) is 1. The summed E-state index contributed by atoms with van der Waals surface area (Å²) < 4.78 is 11.4. The number of methoxy groups -OCH3 is 1. The van der Waals surface area contributed by atoms with Crippen LogP contribution in [-0.4, -0.2) is 138 Å². The van der Waals surface area contributed by atoms with Gasteiger partial charge in [0.2, 0.25) is 23.6 Å². The van der Waals surface area contributed by atoms with Crippen LogP contribution in [0.2, 0.25) is 0 Å². The number of amides is 7. The van der Waals surface area contributed by atoms with Crippen molar-refractivity contribution < 1.29 is 48.1 Å². The Morgan fingerprint density at radius 1 is 0.759 bits per heavy atom. The predicted molar refractivity (Wildman–Crippen MR) is 327 cm³/mol. The molecular formula is C56H55N15O10S6. The van der Waals surface area contributed by atoms with Crippen LogP contribution in [0.1, 0.15) is 125 Å². The summed E-state index contributed by atoms with van der Waals surface area (Å²) in [5.41, 5.74) is 8.65. The zero-order chi connectivity index (χ0) is 61.2. The van der Waals surface area contributed by atoms with E-state index in [1.54, 1.807) is 70.9 Å². The maximum absolute atomic E-state index is 14.4. The van der Waals surface area contributed by atoms with E-state index in [1.807, 2.05) is 13.8 Å². The summed E-state index contributed by atoms with van der Waals surface area (Å²) in [7, 11) is 2.94. The van der Waals surface area contributed by atoms with Gasteiger partial charge in [-0.25, -0.2) is 39.9 Å². The molecule has 7 amide bonds. The highest BCUT2D eigenvalue weighted by atomic mass is 32.1. The Labute approximate surface area is 520 Å². The topological polar surface area (TPSA) is 350 Å². The first-order chi connectivity index (χ1) is 41.9. The van der Waals surface area contributed by atoms with Crippen LogP contribution < -0.4 is 32.3 Å². The molecule has 3 aliphatic heterocycles. The van der Waals surface area contributed by atoms with E-state index in [0.29, 0.717) is 93.8 Å². The highest BCUT2D eigenvalue weighted by molar-refractivity contribution is 7.15. The van der Waals surface area contributed by atoms with E-state index in [4.69, 9.17) is 50.1 Å². The van der Waals surface area contributed by atoms with Crippen molar-refractivity contribution in [1.82, 2.24) is 66.4 Å². The zero-order valence-electron chi connectivity index (χ0n) is 47.0. The fourth-order valence-electron chi connectivity index (χ4n) is 9.84. The van der Waals surface area contributed by atoms with E-state index in [0.717, 1.165) is 11.3 Å². The van der Waals surface area contributed by atoms with Crippen LogP contribution in [0.25, 0.3) is 43.4 Å². The summed E-state index contributed by atoms with van der Waals surface area (Å²) in [6.45, 7) is 5.31. The van der Waals surface area contributed by atoms with Crippen molar-refractivity contribution in [2.24, 2.45) is 16.6 Å². The van der Waals surface area contributed by atoms with E-state index in [1.165, 1.54) is 75.7 Å². The first kappa shape index (κ1) is 60.5. The third-order valence-electron chi connectivity index (χ3n) is 14.3. The van der Waals surface area contributed by atoms with Gasteiger partial charge in [0.15, 0.2) is 6.04 Å². The highest BCUT2D eigenvalue weighted by Crippen LogP contribution is 2.40. The molecule has 0 saturated carbocycles. The molecule has 87 heavy (non-hydrogen) atoms. The average molecular weight is 1290 g/mol. The Hall–Kier alpha value is -8.17. The number of fused-ring (bicyclic) bond motifs is 14. The molecule has 1 fully saturated rings. The molecule has 8 aromatic rings. The number of aliphatic hydroxyl groups is 1. The fourth-order valence-corrected chi connectivity index (χ4v) is 15.4. The number of primary amides is 1. The summed E-state index contributed by atoms with van der Waals surface area (Å²) >= 11 is 7.20. The van der Waals surface area contributed by atoms with Crippen LogP contribution in [-0.2, 0) is 35.3 Å². The molecule has 10 bridgehead atoms. The smallest absolute Gasteiger partial charge is 0.271 e. The second-order valence-corrected chi connectivity index (χ2v) is 26.3. The largest absolute Gasteiger partial charge is 0.473 e. The molecule has 31 heteroatoms. The zero-order valence-corrected chi connectivity index (χ0v) is 51.9. The molecule has 6 atom stereocenters. The summed E-state index contributed by atoms with van der Waals surface area (Å²) in [6.07, 6.45) is -0.374. The molecule has 0 unspecified atom stereocenters. The van der Waals surface area contributed by atoms with Gasteiger partial charge in [-0.15, -0.1) is 68.0 Å². The van der Waals surface area contributed by atoms with Crippen LogP contribution in [0.3, 0.4) is 0 Å². The van der Waals surface area contributed by atoms with Gasteiger partial charge < -0.3 is 51.8 Å². The molecule has 10 heterocycles. The number of aryl methyl sites for hydroxylation is 1.